The number of aromatic nitrogens is 4. The number of nitrogens with zero attached hydrogens (tertiary/aromatic N) is 5. The molecule has 0 radical (unpaired) electrons. The van der Waals surface area contributed by atoms with Crippen LogP contribution in [0.2, 0.25) is 0 Å². The molecule has 1 fully saturated rings. The van der Waals surface area contributed by atoms with E-state index in [1.165, 1.54) is 13.0 Å². The summed E-state index contributed by atoms with van der Waals surface area (Å²) in [6.45, 7) is 5.86. The fraction of sp³-hybridized carbons (Fsp3) is 0.500. The first kappa shape index (κ1) is 20.4. The van der Waals surface area contributed by atoms with E-state index < -0.39 is 17.9 Å². The molecule has 1 unspecified atom stereocenters. The molecule has 4 heterocycles. The van der Waals surface area contributed by atoms with Crippen LogP contribution in [0.25, 0.3) is 5.65 Å². The SMILES string of the molecule is Cc1cc(C(F)(F)F)n2nc(C3CCCCN3C(=O)c3cc(C(C)C)no3)cc2n1. The number of aryl methyl sites for hydroxylation is 1. The molecular weight excluding hydrogens is 399 g/mol. The molecule has 1 aliphatic heterocycles. The smallest absolute Gasteiger partial charge is 0.351 e. The second-order valence-electron chi connectivity index (χ2n) is 7.90. The lowest BCUT2D eigenvalue weighted by Crippen LogP contribution is -2.38. The van der Waals surface area contributed by atoms with E-state index in [2.05, 4.69) is 15.2 Å². The maximum atomic E-state index is 13.5. The van der Waals surface area contributed by atoms with Crippen LogP contribution in [-0.4, -0.2) is 37.1 Å². The van der Waals surface area contributed by atoms with Crippen molar-refractivity contribution in [2.45, 2.75) is 58.2 Å². The molecule has 10 heteroatoms. The van der Waals surface area contributed by atoms with Crippen molar-refractivity contribution in [2.75, 3.05) is 6.54 Å². The summed E-state index contributed by atoms with van der Waals surface area (Å²) in [5.74, 6) is -0.100. The van der Waals surface area contributed by atoms with E-state index in [1.807, 2.05) is 13.8 Å². The Hall–Kier alpha value is -2.91. The average molecular weight is 421 g/mol. The first-order valence-corrected chi connectivity index (χ1v) is 9.87. The molecule has 3 aromatic heterocycles. The van der Waals surface area contributed by atoms with Crippen LogP contribution < -0.4 is 0 Å². The maximum absolute atomic E-state index is 13.5. The zero-order valence-electron chi connectivity index (χ0n) is 16.9. The Morgan fingerprint density at radius 3 is 2.67 bits per heavy atom. The summed E-state index contributed by atoms with van der Waals surface area (Å²) in [4.78, 5) is 18.9. The van der Waals surface area contributed by atoms with Crippen molar-refractivity contribution in [3.63, 3.8) is 0 Å². The van der Waals surface area contributed by atoms with E-state index in [-0.39, 0.29) is 28.9 Å². The number of hydrogen-bond donors (Lipinski definition) is 0. The molecule has 0 aromatic carbocycles. The summed E-state index contributed by atoms with van der Waals surface area (Å²) in [5.41, 5.74) is 0.531. The van der Waals surface area contributed by atoms with Gasteiger partial charge in [0.2, 0.25) is 5.76 Å². The highest BCUT2D eigenvalue weighted by Crippen LogP contribution is 2.34. The highest BCUT2D eigenvalue weighted by molar-refractivity contribution is 5.91. The number of halogens is 3. The number of carbonyl (C=O) groups excluding carboxylic acids is 1. The monoisotopic (exact) mass is 421 g/mol. The van der Waals surface area contributed by atoms with Gasteiger partial charge in [-0.3, -0.25) is 4.79 Å². The second-order valence-corrected chi connectivity index (χ2v) is 7.90. The van der Waals surface area contributed by atoms with Crippen LogP contribution in [-0.2, 0) is 6.18 Å². The number of hydrogen-bond acceptors (Lipinski definition) is 5. The molecule has 160 valence electrons. The predicted octanol–water partition coefficient (Wildman–Crippen LogP) is 4.54. The van der Waals surface area contributed by atoms with Crippen molar-refractivity contribution >= 4 is 11.6 Å². The molecule has 1 amide bonds. The molecule has 3 aromatic rings. The molecule has 0 spiro atoms. The second kappa shape index (κ2) is 7.41. The van der Waals surface area contributed by atoms with Crippen molar-refractivity contribution < 1.29 is 22.5 Å². The molecule has 4 rings (SSSR count). The van der Waals surface area contributed by atoms with E-state index in [1.54, 1.807) is 11.0 Å². The van der Waals surface area contributed by atoms with Crippen LogP contribution in [0.3, 0.4) is 0 Å². The molecule has 0 N–H and O–H groups in total. The normalized spacial score (nSPS) is 17.8. The van der Waals surface area contributed by atoms with E-state index >= 15 is 0 Å². The fourth-order valence-electron chi connectivity index (χ4n) is 3.77. The fourth-order valence-corrected chi connectivity index (χ4v) is 3.77. The van der Waals surface area contributed by atoms with Gasteiger partial charge in [-0.05, 0) is 38.2 Å². The molecule has 0 bridgehead atoms. The standard InChI is InChI=1S/C20H22F3N5O2/c1-11(2)13-9-16(30-26-13)19(29)27-7-5-4-6-15(27)14-10-18-24-12(3)8-17(20(21,22)23)28(18)25-14/h8-11,15H,4-7H2,1-3H3. The van der Waals surface area contributed by atoms with Gasteiger partial charge in [0.05, 0.1) is 17.4 Å². The van der Waals surface area contributed by atoms with Crippen molar-refractivity contribution in [1.82, 2.24) is 24.7 Å². The first-order chi connectivity index (χ1) is 14.1. The highest BCUT2D eigenvalue weighted by atomic mass is 19.4. The summed E-state index contributed by atoms with van der Waals surface area (Å²) in [6, 6.07) is 3.66. The quantitative estimate of drug-likeness (QED) is 0.621. The van der Waals surface area contributed by atoms with Gasteiger partial charge < -0.3 is 9.42 Å². The minimum absolute atomic E-state index is 0.108. The number of rotatable bonds is 3. The zero-order chi connectivity index (χ0) is 21.6. The van der Waals surface area contributed by atoms with Gasteiger partial charge in [0, 0.05) is 24.4 Å². The van der Waals surface area contributed by atoms with E-state index in [0.717, 1.165) is 23.4 Å². The Morgan fingerprint density at radius 1 is 1.23 bits per heavy atom. The van der Waals surface area contributed by atoms with Gasteiger partial charge >= 0.3 is 6.18 Å². The van der Waals surface area contributed by atoms with E-state index in [9.17, 15) is 18.0 Å². The minimum atomic E-state index is -4.57. The number of amides is 1. The van der Waals surface area contributed by atoms with Crippen LogP contribution in [0.15, 0.2) is 22.7 Å². The minimum Gasteiger partial charge on any atom is -0.351 e. The lowest BCUT2D eigenvalue weighted by molar-refractivity contribution is -0.142. The van der Waals surface area contributed by atoms with Crippen LogP contribution in [0.4, 0.5) is 13.2 Å². The summed E-state index contributed by atoms with van der Waals surface area (Å²) in [6.07, 6.45) is -2.33. The van der Waals surface area contributed by atoms with Crippen molar-refractivity contribution in [3.8, 4) is 0 Å². The third-order valence-electron chi connectivity index (χ3n) is 5.30. The zero-order valence-corrected chi connectivity index (χ0v) is 16.9. The van der Waals surface area contributed by atoms with Crippen LogP contribution >= 0.6 is 0 Å². The summed E-state index contributed by atoms with van der Waals surface area (Å²) >= 11 is 0. The topological polar surface area (TPSA) is 76.5 Å². The van der Waals surface area contributed by atoms with E-state index in [4.69, 9.17) is 4.52 Å². The van der Waals surface area contributed by atoms with Gasteiger partial charge in [-0.25, -0.2) is 9.50 Å². The third kappa shape index (κ3) is 3.66. The summed E-state index contributed by atoms with van der Waals surface area (Å²) in [7, 11) is 0. The van der Waals surface area contributed by atoms with Crippen molar-refractivity contribution in [3.05, 3.63) is 46.7 Å². The molecule has 30 heavy (non-hydrogen) atoms. The highest BCUT2D eigenvalue weighted by Gasteiger charge is 2.37. The number of fused-ring (bicyclic) bond motifs is 1. The molecule has 0 aliphatic carbocycles. The molecular formula is C20H22F3N5O2. The van der Waals surface area contributed by atoms with Gasteiger partial charge in [0.1, 0.15) is 5.69 Å². The predicted molar refractivity (Wildman–Crippen MR) is 101 cm³/mol. The first-order valence-electron chi connectivity index (χ1n) is 9.87. The maximum Gasteiger partial charge on any atom is 0.433 e. The van der Waals surface area contributed by atoms with Gasteiger partial charge in [-0.2, -0.15) is 18.3 Å². The van der Waals surface area contributed by atoms with Gasteiger partial charge in [-0.15, -0.1) is 0 Å². The van der Waals surface area contributed by atoms with Crippen molar-refractivity contribution in [2.24, 2.45) is 0 Å². The number of likely N-dealkylation sites (tertiary alicyclic amines) is 1. The Kier molecular flexibility index (Phi) is 5.03. The third-order valence-corrected chi connectivity index (χ3v) is 5.30. The Balaban J connectivity index is 1.72. The summed E-state index contributed by atoms with van der Waals surface area (Å²) < 4.78 is 46.5. The van der Waals surface area contributed by atoms with Gasteiger partial charge in [0.25, 0.3) is 5.91 Å². The molecule has 1 atom stereocenters. The molecule has 0 saturated carbocycles. The number of carbonyl (C=O) groups is 1. The average Bonchev–Trinajstić information content (AvgIpc) is 3.33. The van der Waals surface area contributed by atoms with Crippen LogP contribution in [0, 0.1) is 6.92 Å². The molecule has 1 aliphatic rings. The van der Waals surface area contributed by atoms with Crippen LogP contribution in [0.1, 0.15) is 78.4 Å². The number of piperidine rings is 1. The Morgan fingerprint density at radius 2 is 2.00 bits per heavy atom. The molecule has 7 nitrogen and oxygen atoms in total. The summed E-state index contributed by atoms with van der Waals surface area (Å²) in [5, 5.41) is 8.13. The lowest BCUT2D eigenvalue weighted by Gasteiger charge is -2.33. The van der Waals surface area contributed by atoms with Crippen LogP contribution in [0.5, 0.6) is 0 Å². The number of alkyl halides is 3. The van der Waals surface area contributed by atoms with E-state index in [0.29, 0.717) is 24.4 Å². The lowest BCUT2D eigenvalue weighted by atomic mass is 9.99. The van der Waals surface area contributed by atoms with Gasteiger partial charge in [0.15, 0.2) is 5.65 Å². The Bertz CT molecular complexity index is 1090. The van der Waals surface area contributed by atoms with Crippen molar-refractivity contribution in [1.29, 1.82) is 0 Å². The Labute approximate surface area is 170 Å². The van der Waals surface area contributed by atoms with Gasteiger partial charge in [-0.1, -0.05) is 19.0 Å². The molecule has 1 saturated heterocycles. The largest absolute Gasteiger partial charge is 0.433 e.